The molecule has 0 spiro atoms. The Hall–Kier alpha value is -3.47. The number of rotatable bonds is 7. The van der Waals surface area contributed by atoms with Gasteiger partial charge in [-0.3, -0.25) is 19.3 Å². The van der Waals surface area contributed by atoms with Crippen molar-refractivity contribution in [3.05, 3.63) is 57.9 Å². The van der Waals surface area contributed by atoms with E-state index in [0.717, 1.165) is 5.56 Å². The predicted octanol–water partition coefficient (Wildman–Crippen LogP) is 3.02. The van der Waals surface area contributed by atoms with Crippen LogP contribution in [-0.2, 0) is 27.2 Å². The van der Waals surface area contributed by atoms with Gasteiger partial charge in [-0.2, -0.15) is 0 Å². The van der Waals surface area contributed by atoms with Crippen molar-refractivity contribution in [3.8, 4) is 5.75 Å². The number of aryl methyl sites for hydroxylation is 1. The van der Waals surface area contributed by atoms with Crippen LogP contribution in [0.1, 0.15) is 36.0 Å². The monoisotopic (exact) mass is 586 g/mol. The molecule has 1 fully saturated rings. The number of alkyl halides is 2. The fourth-order valence-corrected chi connectivity index (χ4v) is 6.97. The number of hydrogen-bond donors (Lipinski definition) is 5. The highest BCUT2D eigenvalue weighted by Gasteiger charge is 2.64. The fourth-order valence-electron chi connectivity index (χ4n) is 6.82. The summed E-state index contributed by atoms with van der Waals surface area (Å²) in [7, 11) is 3.11. The number of likely N-dealkylation sites (N-methyl/N-ethyl adjacent to an activating group) is 1. The molecule has 5 atom stereocenters. The molecule has 3 aliphatic rings. The number of Topliss-reactive ketones (excluding diaryl/α,β-unsaturated/α-hetero) is 2. The molecule has 0 bridgehead atoms. The highest BCUT2D eigenvalue weighted by molar-refractivity contribution is 6.24. The highest BCUT2D eigenvalue weighted by Crippen LogP contribution is 2.53. The highest BCUT2D eigenvalue weighted by atomic mass is 35.5. The Morgan fingerprint density at radius 3 is 2.56 bits per heavy atom. The number of carbonyl (C=O) groups is 3. The predicted molar refractivity (Wildman–Crippen MR) is 150 cm³/mol. The quantitative estimate of drug-likeness (QED) is 0.244. The van der Waals surface area contributed by atoms with E-state index in [2.05, 4.69) is 0 Å². The number of primary amides is 1. The standard InChI is InChI=1S/C30H32ClFN2O7/c1-34(2)23-19-11-16-10-15-9-14-7-6-13(4-3-5-17(32)12-31)8-18(14)24(35)20(15)25(36)21(16)27(38)30(19,41)28(39)22(26(23)37)29(33)40/h6-9,16-17,19,23,35-36,39,41H,3-5,10-12H2,1-2H3,(H2,33,40)/t16-,17?,19-,23-,30-/m0/s1. The summed E-state index contributed by atoms with van der Waals surface area (Å²) in [4.78, 5) is 40.7. The summed E-state index contributed by atoms with van der Waals surface area (Å²) in [6.07, 6.45) is 0.553. The number of hydrogen-bond acceptors (Lipinski definition) is 8. The van der Waals surface area contributed by atoms with Gasteiger partial charge in [-0.25, -0.2) is 4.39 Å². The second-order valence-corrected chi connectivity index (χ2v) is 11.7. The molecule has 9 nitrogen and oxygen atoms in total. The van der Waals surface area contributed by atoms with Crippen LogP contribution in [-0.4, -0.2) is 80.6 Å². The maximum Gasteiger partial charge on any atom is 0.255 e. The van der Waals surface area contributed by atoms with E-state index >= 15 is 0 Å². The molecular weight excluding hydrogens is 555 g/mol. The number of fused-ring (bicyclic) bond motifs is 4. The summed E-state index contributed by atoms with van der Waals surface area (Å²) in [5, 5.41) is 46.5. The molecule has 1 saturated carbocycles. The van der Waals surface area contributed by atoms with Gasteiger partial charge in [0.15, 0.2) is 11.4 Å². The van der Waals surface area contributed by atoms with Crippen molar-refractivity contribution in [1.29, 1.82) is 0 Å². The first-order valence-electron chi connectivity index (χ1n) is 13.4. The number of ketones is 2. The van der Waals surface area contributed by atoms with Gasteiger partial charge in [0.1, 0.15) is 29.0 Å². The number of benzene rings is 2. The minimum absolute atomic E-state index is 0.0291. The number of phenols is 1. The Morgan fingerprint density at radius 2 is 1.93 bits per heavy atom. The zero-order chi connectivity index (χ0) is 30.0. The lowest BCUT2D eigenvalue weighted by molar-refractivity contribution is -0.153. The van der Waals surface area contributed by atoms with Crippen LogP contribution in [0, 0.1) is 11.8 Å². The lowest BCUT2D eigenvalue weighted by Gasteiger charge is -2.50. The largest absolute Gasteiger partial charge is 0.508 e. The van der Waals surface area contributed by atoms with E-state index in [9.17, 15) is 39.2 Å². The second-order valence-electron chi connectivity index (χ2n) is 11.4. The lowest BCUT2D eigenvalue weighted by atomic mass is 9.57. The molecule has 218 valence electrons. The molecule has 6 N–H and O–H groups in total. The first-order valence-corrected chi connectivity index (χ1v) is 14.0. The molecule has 0 aliphatic heterocycles. The molecular formula is C30H32ClFN2O7. The number of nitrogens with zero attached hydrogens (tertiary/aromatic N) is 1. The van der Waals surface area contributed by atoms with E-state index in [1.807, 2.05) is 18.2 Å². The van der Waals surface area contributed by atoms with Crippen molar-refractivity contribution in [3.63, 3.8) is 0 Å². The van der Waals surface area contributed by atoms with E-state index in [-0.39, 0.29) is 35.6 Å². The van der Waals surface area contributed by atoms with Crippen molar-refractivity contribution in [2.75, 3.05) is 20.0 Å². The third-order valence-electron chi connectivity index (χ3n) is 8.74. The minimum atomic E-state index is -2.68. The zero-order valence-corrected chi connectivity index (χ0v) is 23.4. The van der Waals surface area contributed by atoms with Gasteiger partial charge in [-0.05, 0) is 74.7 Å². The van der Waals surface area contributed by atoms with Gasteiger partial charge in [-0.15, -0.1) is 11.6 Å². The minimum Gasteiger partial charge on any atom is -0.508 e. The molecule has 3 aliphatic carbocycles. The van der Waals surface area contributed by atoms with Crippen LogP contribution in [0.2, 0.25) is 0 Å². The van der Waals surface area contributed by atoms with Crippen LogP contribution in [0.15, 0.2) is 41.2 Å². The zero-order valence-electron chi connectivity index (χ0n) is 22.7. The number of carbonyl (C=O) groups excluding carboxylic acids is 3. The number of halogens is 2. The number of aromatic hydroxyl groups is 1. The van der Waals surface area contributed by atoms with Gasteiger partial charge in [-0.1, -0.05) is 18.2 Å². The molecule has 1 amide bonds. The molecule has 0 aromatic heterocycles. The van der Waals surface area contributed by atoms with Gasteiger partial charge in [0.25, 0.3) is 5.91 Å². The molecule has 1 unspecified atom stereocenters. The molecule has 11 heteroatoms. The fraction of sp³-hybridized carbons (Fsp3) is 0.433. The average Bonchev–Trinajstić information content (AvgIpc) is 2.90. The Kier molecular flexibility index (Phi) is 7.38. The number of aliphatic hydroxyl groups is 3. The number of aliphatic hydroxyl groups excluding tert-OH is 2. The molecule has 5 rings (SSSR count). The third-order valence-corrected chi connectivity index (χ3v) is 9.07. The van der Waals surface area contributed by atoms with E-state index in [4.69, 9.17) is 17.3 Å². The summed E-state index contributed by atoms with van der Waals surface area (Å²) in [5.74, 6) is -6.86. The van der Waals surface area contributed by atoms with Gasteiger partial charge >= 0.3 is 0 Å². The maximum atomic E-state index is 14.0. The first-order chi connectivity index (χ1) is 19.3. The summed E-state index contributed by atoms with van der Waals surface area (Å²) in [6.45, 7) is 0. The lowest BCUT2D eigenvalue weighted by Crippen LogP contribution is -2.65. The normalized spacial score (nSPS) is 26.7. The molecule has 0 saturated heterocycles. The van der Waals surface area contributed by atoms with Crippen molar-refractivity contribution in [1.82, 2.24) is 4.90 Å². The van der Waals surface area contributed by atoms with Gasteiger partial charge in [0.05, 0.1) is 17.5 Å². The van der Waals surface area contributed by atoms with Gasteiger partial charge in [0, 0.05) is 16.9 Å². The summed E-state index contributed by atoms with van der Waals surface area (Å²) >= 11 is 5.55. The number of amides is 1. The molecule has 41 heavy (non-hydrogen) atoms. The van der Waals surface area contributed by atoms with Crippen LogP contribution in [0.25, 0.3) is 16.5 Å². The molecule has 0 heterocycles. The third kappa shape index (κ3) is 4.40. The first kappa shape index (κ1) is 29.0. The van der Waals surface area contributed by atoms with E-state index in [1.165, 1.54) is 4.90 Å². The summed E-state index contributed by atoms with van der Waals surface area (Å²) < 4.78 is 13.5. The summed E-state index contributed by atoms with van der Waals surface area (Å²) in [5.41, 5.74) is 3.10. The Morgan fingerprint density at radius 1 is 1.22 bits per heavy atom. The second kappa shape index (κ2) is 10.4. The SMILES string of the molecule is CN(C)[C@@H]1C(=O)C(C(N)=O)=C(O)[C@@]2(O)C(=O)C3=C(O)c4c(cc5ccc(CCCC(F)CCl)cc5c4O)C[C@H]3C[C@@H]12. The Labute approximate surface area is 240 Å². The van der Waals surface area contributed by atoms with E-state index < -0.39 is 64.2 Å². The van der Waals surface area contributed by atoms with Crippen LogP contribution in [0.4, 0.5) is 4.39 Å². The molecule has 2 aromatic carbocycles. The maximum absolute atomic E-state index is 14.0. The molecule has 2 aromatic rings. The summed E-state index contributed by atoms with van der Waals surface area (Å²) in [6, 6.07) is 6.15. The topological polar surface area (TPSA) is 161 Å². The molecule has 0 radical (unpaired) electrons. The number of nitrogens with two attached hydrogens (primary N) is 1. The van der Waals surface area contributed by atoms with Crippen molar-refractivity contribution < 1.29 is 39.2 Å². The van der Waals surface area contributed by atoms with E-state index in [1.54, 1.807) is 20.2 Å². The smallest absolute Gasteiger partial charge is 0.255 e. The Balaban J connectivity index is 1.62. The van der Waals surface area contributed by atoms with Crippen LogP contribution in [0.3, 0.4) is 0 Å². The number of phenolic OH excluding ortho intramolecular Hbond substituents is 1. The van der Waals surface area contributed by atoms with Crippen LogP contribution in [0.5, 0.6) is 5.75 Å². The average molecular weight is 587 g/mol. The van der Waals surface area contributed by atoms with Gasteiger partial charge < -0.3 is 26.2 Å². The van der Waals surface area contributed by atoms with Crippen LogP contribution >= 0.6 is 11.6 Å². The van der Waals surface area contributed by atoms with Crippen LogP contribution < -0.4 is 5.73 Å². The van der Waals surface area contributed by atoms with Gasteiger partial charge in [0.2, 0.25) is 5.78 Å². The Bertz CT molecular complexity index is 1550. The van der Waals surface area contributed by atoms with Crippen molar-refractivity contribution in [2.45, 2.75) is 49.9 Å². The van der Waals surface area contributed by atoms with Crippen molar-refractivity contribution in [2.24, 2.45) is 17.6 Å². The van der Waals surface area contributed by atoms with Crippen molar-refractivity contribution >= 4 is 45.6 Å². The van der Waals surface area contributed by atoms with E-state index in [0.29, 0.717) is 35.6 Å².